The Hall–Kier alpha value is -3.15. The van der Waals surface area contributed by atoms with Gasteiger partial charge in [-0.15, -0.1) is 10.1 Å². The summed E-state index contributed by atoms with van der Waals surface area (Å²) >= 11 is 11.9. The van der Waals surface area contributed by atoms with Gasteiger partial charge >= 0.3 is 5.91 Å². The molecule has 0 aromatic heterocycles. The zero-order chi connectivity index (χ0) is 22.0. The largest absolute Gasteiger partial charge is 0.334 e. The van der Waals surface area contributed by atoms with Gasteiger partial charge in [0.15, 0.2) is 6.04 Å². The van der Waals surface area contributed by atoms with Gasteiger partial charge in [-0.1, -0.05) is 53.0 Å². The Balaban J connectivity index is 1.69. The third-order valence-corrected chi connectivity index (χ3v) is 5.61. The van der Waals surface area contributed by atoms with Crippen molar-refractivity contribution in [3.8, 4) is 0 Å². The molecule has 2 N–H and O–H groups in total. The SMILES string of the molecule is Cc1ccc([C@@H]2[C@H](NC(=O)c3ccc(Cl)cc3)C(=O)N/[N+]2=C\c2ccc(Cl)cc2)cc1. The number of hydrazone groups is 1. The molecule has 0 bridgehead atoms. The summed E-state index contributed by atoms with van der Waals surface area (Å²) in [6, 6.07) is 20.5. The highest BCUT2D eigenvalue weighted by atomic mass is 35.5. The average Bonchev–Trinajstić information content (AvgIpc) is 3.05. The van der Waals surface area contributed by atoms with Crippen LogP contribution in [0.3, 0.4) is 0 Å². The number of carbonyl (C=O) groups excluding carboxylic acids is 2. The van der Waals surface area contributed by atoms with E-state index >= 15 is 0 Å². The number of aryl methyl sites for hydroxylation is 1. The predicted octanol–water partition coefficient (Wildman–Crippen LogP) is 4.32. The van der Waals surface area contributed by atoms with Crippen LogP contribution >= 0.6 is 23.2 Å². The number of hydrazine groups is 1. The van der Waals surface area contributed by atoms with Crippen LogP contribution in [0, 0.1) is 6.92 Å². The van der Waals surface area contributed by atoms with E-state index in [1.165, 1.54) is 0 Å². The van der Waals surface area contributed by atoms with Crippen molar-refractivity contribution < 1.29 is 14.3 Å². The van der Waals surface area contributed by atoms with Crippen molar-refractivity contribution in [3.05, 3.63) is 105 Å². The molecule has 0 radical (unpaired) electrons. The fraction of sp³-hybridized carbons (Fsp3) is 0.125. The maximum Gasteiger partial charge on any atom is 0.304 e. The fourth-order valence-electron chi connectivity index (χ4n) is 3.48. The van der Waals surface area contributed by atoms with Crippen molar-refractivity contribution in [2.75, 3.05) is 0 Å². The second kappa shape index (κ2) is 8.92. The van der Waals surface area contributed by atoms with Crippen LogP contribution in [0.25, 0.3) is 0 Å². The average molecular weight is 453 g/mol. The highest BCUT2D eigenvalue weighted by Crippen LogP contribution is 2.26. The number of nitrogens with one attached hydrogen (secondary N) is 2. The standard InChI is InChI=1S/C24H19Cl2N3O2/c1-15-2-6-17(7-3-15)22-21(27-23(30)18-8-12-20(26)13-9-18)24(31)28-29(22)14-16-4-10-19(25)11-5-16/h2-14,21-22H,1H3,(H-,27,28,30,31)/p+1/b29-14-/t21-,22+/m0/s1. The van der Waals surface area contributed by atoms with Crippen molar-refractivity contribution in [2.24, 2.45) is 0 Å². The molecule has 0 unspecified atom stereocenters. The minimum atomic E-state index is -0.783. The second-order valence-electron chi connectivity index (χ2n) is 7.38. The maximum absolute atomic E-state index is 12.9. The number of hydrogen-bond donors (Lipinski definition) is 2. The van der Waals surface area contributed by atoms with E-state index in [0.29, 0.717) is 15.6 Å². The monoisotopic (exact) mass is 452 g/mol. The summed E-state index contributed by atoms with van der Waals surface area (Å²) in [5, 5.41) is 4.04. The lowest BCUT2D eigenvalue weighted by molar-refractivity contribution is -0.596. The Kier molecular flexibility index (Phi) is 6.07. The number of benzene rings is 3. The lowest BCUT2D eigenvalue weighted by Gasteiger charge is -2.15. The number of hydrogen-bond acceptors (Lipinski definition) is 2. The van der Waals surface area contributed by atoms with Gasteiger partial charge in [0.2, 0.25) is 12.3 Å². The highest BCUT2D eigenvalue weighted by molar-refractivity contribution is 6.31. The first-order chi connectivity index (χ1) is 14.9. The molecule has 3 aromatic carbocycles. The molecule has 0 aliphatic carbocycles. The molecule has 7 heteroatoms. The fourth-order valence-corrected chi connectivity index (χ4v) is 3.73. The van der Waals surface area contributed by atoms with Gasteiger partial charge in [-0.3, -0.25) is 9.59 Å². The van der Waals surface area contributed by atoms with Gasteiger partial charge in [0.05, 0.1) is 0 Å². The number of halogens is 2. The Morgan fingerprint density at radius 1 is 0.935 bits per heavy atom. The molecule has 1 aliphatic heterocycles. The summed E-state index contributed by atoms with van der Waals surface area (Å²) in [5.74, 6) is -0.639. The van der Waals surface area contributed by atoms with Crippen molar-refractivity contribution in [1.29, 1.82) is 0 Å². The van der Waals surface area contributed by atoms with Gasteiger partial charge in [-0.05, 0) is 55.5 Å². The molecular formula is C24H20Cl2N3O2+. The van der Waals surface area contributed by atoms with Gasteiger partial charge < -0.3 is 5.32 Å². The van der Waals surface area contributed by atoms with Crippen LogP contribution in [0.2, 0.25) is 10.0 Å². The van der Waals surface area contributed by atoms with E-state index in [2.05, 4.69) is 10.7 Å². The zero-order valence-corrected chi connectivity index (χ0v) is 18.2. The molecule has 5 nitrogen and oxygen atoms in total. The molecule has 3 aromatic rings. The van der Waals surface area contributed by atoms with Crippen molar-refractivity contribution in [2.45, 2.75) is 19.0 Å². The van der Waals surface area contributed by atoms with Gasteiger partial charge in [0.1, 0.15) is 0 Å². The molecule has 4 rings (SSSR count). The lowest BCUT2D eigenvalue weighted by atomic mass is 9.98. The smallest absolute Gasteiger partial charge is 0.304 e. The van der Waals surface area contributed by atoms with Crippen LogP contribution in [0.1, 0.15) is 33.1 Å². The van der Waals surface area contributed by atoms with E-state index in [1.807, 2.05) is 49.5 Å². The number of rotatable bonds is 4. The third kappa shape index (κ3) is 4.79. The van der Waals surface area contributed by atoms with Crippen LogP contribution < -0.4 is 10.7 Å². The minimum absolute atomic E-state index is 0.293. The molecule has 1 heterocycles. The normalized spacial score (nSPS) is 19.3. The van der Waals surface area contributed by atoms with Gasteiger partial charge in [-0.25, -0.2) is 0 Å². The summed E-state index contributed by atoms with van der Waals surface area (Å²) in [6.07, 6.45) is 1.83. The summed E-state index contributed by atoms with van der Waals surface area (Å²) < 4.78 is 1.73. The first kappa shape index (κ1) is 21.1. The molecular weight excluding hydrogens is 433 g/mol. The van der Waals surface area contributed by atoms with E-state index in [-0.39, 0.29) is 11.8 Å². The molecule has 1 fully saturated rings. The molecule has 2 amide bonds. The summed E-state index contributed by atoms with van der Waals surface area (Å²) in [4.78, 5) is 25.7. The highest BCUT2D eigenvalue weighted by Gasteiger charge is 2.47. The topological polar surface area (TPSA) is 61.2 Å². The quantitative estimate of drug-likeness (QED) is 0.579. The van der Waals surface area contributed by atoms with Crippen LogP contribution in [-0.2, 0) is 4.79 Å². The third-order valence-electron chi connectivity index (χ3n) is 5.11. The Labute approximate surface area is 190 Å². The van der Waals surface area contributed by atoms with Crippen molar-refractivity contribution in [3.63, 3.8) is 0 Å². The Bertz CT molecular complexity index is 1140. The van der Waals surface area contributed by atoms with Gasteiger partial charge in [-0.2, -0.15) is 0 Å². The van der Waals surface area contributed by atoms with E-state index in [4.69, 9.17) is 23.2 Å². The van der Waals surface area contributed by atoms with Crippen molar-refractivity contribution >= 4 is 41.2 Å². The van der Waals surface area contributed by atoms with E-state index in [0.717, 1.165) is 16.7 Å². The predicted molar refractivity (Wildman–Crippen MR) is 122 cm³/mol. The molecule has 31 heavy (non-hydrogen) atoms. The number of carbonyl (C=O) groups is 2. The van der Waals surface area contributed by atoms with Crippen molar-refractivity contribution in [1.82, 2.24) is 10.7 Å². The lowest BCUT2D eigenvalue weighted by Crippen LogP contribution is -2.42. The van der Waals surface area contributed by atoms with Crippen LogP contribution in [0.15, 0.2) is 72.8 Å². The zero-order valence-electron chi connectivity index (χ0n) is 16.7. The minimum Gasteiger partial charge on any atom is -0.334 e. The van der Waals surface area contributed by atoms with Crippen LogP contribution in [-0.4, -0.2) is 28.8 Å². The first-order valence-corrected chi connectivity index (χ1v) is 10.5. The molecule has 2 atom stereocenters. The molecule has 156 valence electrons. The Morgan fingerprint density at radius 3 is 2.13 bits per heavy atom. The van der Waals surface area contributed by atoms with E-state index in [9.17, 15) is 9.59 Å². The van der Waals surface area contributed by atoms with E-state index in [1.54, 1.807) is 41.1 Å². The van der Waals surface area contributed by atoms with Crippen LogP contribution in [0.4, 0.5) is 0 Å². The van der Waals surface area contributed by atoms with Gasteiger partial charge in [0.25, 0.3) is 5.91 Å². The summed E-state index contributed by atoms with van der Waals surface area (Å²) in [5.41, 5.74) is 6.17. The second-order valence-corrected chi connectivity index (χ2v) is 8.25. The number of amides is 2. The molecule has 0 saturated carbocycles. The molecule has 1 saturated heterocycles. The summed E-state index contributed by atoms with van der Waals surface area (Å²) in [7, 11) is 0. The molecule has 0 spiro atoms. The van der Waals surface area contributed by atoms with Crippen LogP contribution in [0.5, 0.6) is 0 Å². The van der Waals surface area contributed by atoms with Gasteiger partial charge in [0, 0.05) is 26.7 Å². The van der Waals surface area contributed by atoms with E-state index < -0.39 is 12.1 Å². The summed E-state index contributed by atoms with van der Waals surface area (Å²) in [6.45, 7) is 2.00. The first-order valence-electron chi connectivity index (χ1n) is 9.73. The molecule has 1 aliphatic rings. The maximum atomic E-state index is 12.9. The number of nitrogens with zero attached hydrogens (tertiary/aromatic N) is 1. The Morgan fingerprint density at radius 2 is 1.52 bits per heavy atom.